The van der Waals surface area contributed by atoms with Crippen molar-refractivity contribution in [2.75, 3.05) is 11.9 Å². The summed E-state index contributed by atoms with van der Waals surface area (Å²) in [5.74, 6) is 1.11. The molecule has 0 atom stereocenters. The van der Waals surface area contributed by atoms with E-state index in [9.17, 15) is 10.1 Å². The fraction of sp³-hybridized carbons (Fsp3) is 0.286. The number of benzene rings is 1. The summed E-state index contributed by atoms with van der Waals surface area (Å²) in [4.78, 5) is 18.8. The molecule has 1 aromatic carbocycles. The predicted octanol–water partition coefficient (Wildman–Crippen LogP) is 3.23. The van der Waals surface area contributed by atoms with Gasteiger partial charge in [-0.3, -0.25) is 10.1 Å². The second-order valence-electron chi connectivity index (χ2n) is 4.51. The largest absolute Gasteiger partial charge is 0.431 e. The van der Waals surface area contributed by atoms with Crippen LogP contribution in [0, 0.1) is 24.0 Å². The number of hydrogen-bond donors (Lipinski definition) is 1. The predicted molar refractivity (Wildman–Crippen MR) is 78.8 cm³/mol. The summed E-state index contributed by atoms with van der Waals surface area (Å²) in [6.07, 6.45) is 1.36. The molecule has 7 heteroatoms. The van der Waals surface area contributed by atoms with E-state index in [0.29, 0.717) is 23.8 Å². The summed E-state index contributed by atoms with van der Waals surface area (Å²) in [5, 5.41) is 14.2. The molecule has 0 aliphatic heterocycles. The van der Waals surface area contributed by atoms with Crippen molar-refractivity contribution < 1.29 is 9.66 Å². The average molecular weight is 288 g/mol. The Labute approximate surface area is 122 Å². The summed E-state index contributed by atoms with van der Waals surface area (Å²) in [7, 11) is 0. The lowest BCUT2D eigenvalue weighted by Crippen LogP contribution is -2.04. The number of nitrogens with zero attached hydrogens (tertiary/aromatic N) is 3. The Hall–Kier alpha value is -2.70. The number of nitrogens with one attached hydrogen (secondary N) is 1. The maximum absolute atomic E-state index is 11.1. The highest BCUT2D eigenvalue weighted by Gasteiger charge is 2.18. The molecule has 7 nitrogen and oxygen atoms in total. The first-order valence-corrected chi connectivity index (χ1v) is 6.51. The number of nitro benzene ring substituents is 1. The monoisotopic (exact) mass is 288 g/mol. The Balaban J connectivity index is 2.39. The van der Waals surface area contributed by atoms with Crippen molar-refractivity contribution in [1.29, 1.82) is 0 Å². The van der Waals surface area contributed by atoms with Crippen molar-refractivity contribution in [1.82, 2.24) is 9.97 Å². The molecule has 0 aliphatic rings. The Morgan fingerprint density at radius 1 is 1.33 bits per heavy atom. The number of aryl methyl sites for hydroxylation is 1. The smallest absolute Gasteiger partial charge is 0.311 e. The zero-order valence-electron chi connectivity index (χ0n) is 12.1. The van der Waals surface area contributed by atoms with Gasteiger partial charge in [-0.25, -0.2) is 9.97 Å². The highest BCUT2D eigenvalue weighted by atomic mass is 16.6. The number of rotatable bonds is 5. The summed E-state index contributed by atoms with van der Waals surface area (Å²) in [5.41, 5.74) is 1.41. The topological polar surface area (TPSA) is 90.2 Å². The summed E-state index contributed by atoms with van der Waals surface area (Å²) >= 11 is 0. The zero-order valence-corrected chi connectivity index (χ0v) is 12.1. The van der Waals surface area contributed by atoms with Crippen LogP contribution >= 0.6 is 0 Å². The van der Waals surface area contributed by atoms with Crippen molar-refractivity contribution >= 4 is 11.5 Å². The van der Waals surface area contributed by atoms with Gasteiger partial charge in [0.15, 0.2) is 0 Å². The van der Waals surface area contributed by atoms with E-state index in [-0.39, 0.29) is 11.4 Å². The van der Waals surface area contributed by atoms with Crippen molar-refractivity contribution in [3.8, 4) is 11.6 Å². The second-order valence-corrected chi connectivity index (χ2v) is 4.51. The van der Waals surface area contributed by atoms with Crippen molar-refractivity contribution in [2.24, 2.45) is 0 Å². The molecule has 110 valence electrons. The maximum Gasteiger partial charge on any atom is 0.311 e. The maximum atomic E-state index is 11.1. The van der Waals surface area contributed by atoms with Gasteiger partial charge in [0.05, 0.1) is 10.5 Å². The normalized spacial score (nSPS) is 10.2. The molecule has 0 saturated heterocycles. The first-order valence-electron chi connectivity index (χ1n) is 6.51. The summed E-state index contributed by atoms with van der Waals surface area (Å²) in [6.45, 7) is 6.25. The molecule has 1 aromatic heterocycles. The summed E-state index contributed by atoms with van der Waals surface area (Å²) < 4.78 is 5.61. The minimum Gasteiger partial charge on any atom is -0.431 e. The van der Waals surface area contributed by atoms with Crippen LogP contribution in [0.4, 0.5) is 11.5 Å². The number of ether oxygens (including phenoxy) is 1. The van der Waals surface area contributed by atoms with E-state index in [1.807, 2.05) is 6.92 Å². The van der Waals surface area contributed by atoms with Gasteiger partial charge < -0.3 is 10.1 Å². The third-order valence-electron chi connectivity index (χ3n) is 2.90. The van der Waals surface area contributed by atoms with Crippen LogP contribution in [0.2, 0.25) is 0 Å². The highest BCUT2D eigenvalue weighted by Crippen LogP contribution is 2.33. The SMILES string of the molecule is CCNc1ncnc(Oc2ccc(C)cc2[N+](=O)[O-])c1C. The third-order valence-corrected chi connectivity index (χ3v) is 2.90. The molecule has 2 rings (SSSR count). The van der Waals surface area contributed by atoms with Crippen molar-refractivity contribution in [3.05, 3.63) is 45.8 Å². The lowest BCUT2D eigenvalue weighted by Gasteiger charge is -2.11. The lowest BCUT2D eigenvalue weighted by molar-refractivity contribution is -0.385. The van der Waals surface area contributed by atoms with Crippen LogP contribution < -0.4 is 10.1 Å². The van der Waals surface area contributed by atoms with Crippen LogP contribution in [-0.2, 0) is 0 Å². The molecule has 1 N–H and O–H groups in total. The molecule has 0 unspecified atom stereocenters. The highest BCUT2D eigenvalue weighted by molar-refractivity contribution is 5.53. The van der Waals surface area contributed by atoms with Crippen LogP contribution in [-0.4, -0.2) is 21.4 Å². The fourth-order valence-electron chi connectivity index (χ4n) is 1.84. The first kappa shape index (κ1) is 14.7. The molecule has 0 fully saturated rings. The Morgan fingerprint density at radius 3 is 2.76 bits per heavy atom. The Bertz CT molecular complexity index is 673. The van der Waals surface area contributed by atoms with Crippen LogP contribution in [0.5, 0.6) is 11.6 Å². The third kappa shape index (κ3) is 3.25. The van der Waals surface area contributed by atoms with Gasteiger partial charge in [-0.05, 0) is 32.4 Å². The second kappa shape index (κ2) is 6.17. The van der Waals surface area contributed by atoms with E-state index in [0.717, 1.165) is 5.56 Å². The number of nitro groups is 1. The van der Waals surface area contributed by atoms with Gasteiger partial charge in [0.25, 0.3) is 0 Å². The van der Waals surface area contributed by atoms with Crippen LogP contribution in [0.15, 0.2) is 24.5 Å². The van der Waals surface area contributed by atoms with E-state index in [1.165, 1.54) is 12.4 Å². The molecule has 0 saturated carbocycles. The molecule has 0 radical (unpaired) electrons. The van der Waals surface area contributed by atoms with Gasteiger partial charge in [-0.1, -0.05) is 6.07 Å². The molecule has 2 aromatic rings. The summed E-state index contributed by atoms with van der Waals surface area (Å²) in [6, 6.07) is 4.79. The van der Waals surface area contributed by atoms with Crippen LogP contribution in [0.25, 0.3) is 0 Å². The van der Waals surface area contributed by atoms with E-state index in [2.05, 4.69) is 15.3 Å². The Kier molecular flexibility index (Phi) is 4.32. The average Bonchev–Trinajstić information content (AvgIpc) is 2.45. The molecular formula is C14H16N4O3. The molecule has 1 heterocycles. The van der Waals surface area contributed by atoms with Gasteiger partial charge >= 0.3 is 5.69 Å². The molecule has 0 amide bonds. The minimum atomic E-state index is -0.468. The van der Waals surface area contributed by atoms with Crippen LogP contribution in [0.1, 0.15) is 18.1 Å². The molecule has 21 heavy (non-hydrogen) atoms. The number of anilines is 1. The van der Waals surface area contributed by atoms with Gasteiger partial charge in [-0.15, -0.1) is 0 Å². The standard InChI is InChI=1S/C14H16N4O3/c1-4-15-13-10(3)14(17-8-16-13)21-12-6-5-9(2)7-11(12)18(19)20/h5-8H,4H2,1-3H3,(H,15,16,17). The van der Waals surface area contributed by atoms with Gasteiger partial charge in [0.2, 0.25) is 11.6 Å². The first-order chi connectivity index (χ1) is 10.0. The van der Waals surface area contributed by atoms with Gasteiger partial charge in [0, 0.05) is 12.6 Å². The number of aromatic nitrogens is 2. The van der Waals surface area contributed by atoms with Crippen molar-refractivity contribution in [3.63, 3.8) is 0 Å². The fourth-order valence-corrected chi connectivity index (χ4v) is 1.84. The van der Waals surface area contributed by atoms with Gasteiger partial charge in [-0.2, -0.15) is 0 Å². The molecular weight excluding hydrogens is 272 g/mol. The minimum absolute atomic E-state index is 0.0852. The van der Waals surface area contributed by atoms with Crippen molar-refractivity contribution in [2.45, 2.75) is 20.8 Å². The lowest BCUT2D eigenvalue weighted by atomic mass is 10.2. The van der Waals surface area contributed by atoms with E-state index >= 15 is 0 Å². The molecule has 0 bridgehead atoms. The molecule has 0 spiro atoms. The van der Waals surface area contributed by atoms with E-state index in [1.54, 1.807) is 26.0 Å². The van der Waals surface area contributed by atoms with Crippen LogP contribution in [0.3, 0.4) is 0 Å². The molecule has 0 aliphatic carbocycles. The van der Waals surface area contributed by atoms with E-state index < -0.39 is 4.92 Å². The van der Waals surface area contributed by atoms with E-state index in [4.69, 9.17) is 4.74 Å². The van der Waals surface area contributed by atoms with Gasteiger partial charge in [0.1, 0.15) is 12.1 Å². The zero-order chi connectivity index (χ0) is 15.4. The quantitative estimate of drug-likeness (QED) is 0.671. The Morgan fingerprint density at radius 2 is 2.10 bits per heavy atom. The number of hydrogen-bond acceptors (Lipinski definition) is 6.